The van der Waals surface area contributed by atoms with E-state index in [9.17, 15) is 9.59 Å². The fraction of sp³-hybridized carbons (Fsp3) is 0.333. The third kappa shape index (κ3) is 3.97. The monoisotopic (exact) mass is 355 g/mol. The van der Waals surface area contributed by atoms with Crippen LogP contribution in [0.4, 0.5) is 11.5 Å². The van der Waals surface area contributed by atoms with Crippen LogP contribution >= 0.6 is 0 Å². The van der Waals surface area contributed by atoms with E-state index in [2.05, 4.69) is 20.4 Å². The number of anilines is 2. The molecule has 1 saturated heterocycles. The normalized spacial score (nSPS) is 14.8. The maximum absolute atomic E-state index is 12.5. The minimum Gasteiger partial charge on any atom is -0.465 e. The predicted octanol–water partition coefficient (Wildman–Crippen LogP) is 1.39. The van der Waals surface area contributed by atoms with Crippen molar-refractivity contribution < 1.29 is 14.3 Å². The third-order valence-corrected chi connectivity index (χ3v) is 4.27. The number of likely N-dealkylation sites (N-methyl/N-ethyl adjacent to an activating group) is 1. The molecule has 0 saturated carbocycles. The molecule has 1 amide bonds. The number of hydrogen-bond donors (Lipinski definition) is 1. The topological polar surface area (TPSA) is 87.7 Å². The minimum atomic E-state index is -0.442. The van der Waals surface area contributed by atoms with Crippen molar-refractivity contribution in [2.75, 3.05) is 45.7 Å². The van der Waals surface area contributed by atoms with E-state index in [1.165, 1.54) is 7.11 Å². The van der Waals surface area contributed by atoms with Crippen LogP contribution in [0.15, 0.2) is 36.4 Å². The van der Waals surface area contributed by atoms with Gasteiger partial charge in [0.25, 0.3) is 5.91 Å². The Morgan fingerprint density at radius 3 is 2.42 bits per heavy atom. The lowest BCUT2D eigenvalue weighted by Crippen LogP contribution is -2.47. The van der Waals surface area contributed by atoms with Gasteiger partial charge in [-0.15, -0.1) is 10.2 Å². The Bertz CT molecular complexity index is 786. The quantitative estimate of drug-likeness (QED) is 0.829. The van der Waals surface area contributed by atoms with Gasteiger partial charge in [-0.05, 0) is 31.3 Å². The fourth-order valence-corrected chi connectivity index (χ4v) is 2.70. The van der Waals surface area contributed by atoms with Gasteiger partial charge in [0.15, 0.2) is 11.5 Å². The summed E-state index contributed by atoms with van der Waals surface area (Å²) in [6.07, 6.45) is 0. The summed E-state index contributed by atoms with van der Waals surface area (Å²) in [5.41, 5.74) is 1.27. The number of ether oxygens (including phenoxy) is 1. The molecular formula is C18H21N5O3. The molecule has 1 N–H and O–H groups in total. The summed E-state index contributed by atoms with van der Waals surface area (Å²) < 4.78 is 4.77. The van der Waals surface area contributed by atoms with Gasteiger partial charge in [0.1, 0.15) is 0 Å². The van der Waals surface area contributed by atoms with Crippen LogP contribution in [-0.2, 0) is 4.74 Å². The Kier molecular flexibility index (Phi) is 5.43. The highest BCUT2D eigenvalue weighted by Crippen LogP contribution is 2.20. The van der Waals surface area contributed by atoms with E-state index >= 15 is 0 Å². The average molecular weight is 355 g/mol. The van der Waals surface area contributed by atoms with E-state index in [1.54, 1.807) is 41.3 Å². The minimum absolute atomic E-state index is 0.118. The van der Waals surface area contributed by atoms with Crippen LogP contribution in [0.25, 0.3) is 0 Å². The molecule has 1 aliphatic heterocycles. The molecule has 1 aliphatic rings. The molecule has 1 aromatic carbocycles. The Balaban J connectivity index is 1.71. The van der Waals surface area contributed by atoms with Crippen molar-refractivity contribution in [1.82, 2.24) is 20.0 Å². The highest BCUT2D eigenvalue weighted by atomic mass is 16.5. The first-order chi connectivity index (χ1) is 12.6. The van der Waals surface area contributed by atoms with Crippen LogP contribution in [0.3, 0.4) is 0 Å². The molecule has 136 valence electrons. The van der Waals surface area contributed by atoms with Gasteiger partial charge in [-0.2, -0.15) is 0 Å². The second-order valence-electron chi connectivity index (χ2n) is 6.06. The highest BCUT2D eigenvalue weighted by Gasteiger charge is 2.21. The van der Waals surface area contributed by atoms with Crippen LogP contribution in [0.1, 0.15) is 20.8 Å². The van der Waals surface area contributed by atoms with Crippen LogP contribution in [-0.4, -0.2) is 72.2 Å². The van der Waals surface area contributed by atoms with Gasteiger partial charge in [-0.25, -0.2) is 4.79 Å². The van der Waals surface area contributed by atoms with Crippen LogP contribution in [0, 0.1) is 0 Å². The summed E-state index contributed by atoms with van der Waals surface area (Å²) in [4.78, 5) is 28.3. The maximum Gasteiger partial charge on any atom is 0.339 e. The van der Waals surface area contributed by atoms with Gasteiger partial charge in [0.2, 0.25) is 0 Å². The number of esters is 1. The summed E-state index contributed by atoms with van der Waals surface area (Å²) in [7, 11) is 3.37. The zero-order valence-corrected chi connectivity index (χ0v) is 14.8. The summed E-state index contributed by atoms with van der Waals surface area (Å²) in [5, 5.41) is 11.1. The number of aromatic nitrogens is 2. The Hall–Kier alpha value is -3.00. The number of carbonyl (C=O) groups is 2. The molecule has 0 atom stereocenters. The average Bonchev–Trinajstić information content (AvgIpc) is 2.68. The first-order valence-electron chi connectivity index (χ1n) is 8.34. The largest absolute Gasteiger partial charge is 0.465 e. The van der Waals surface area contributed by atoms with Crippen LogP contribution in [0.5, 0.6) is 0 Å². The van der Waals surface area contributed by atoms with E-state index in [0.717, 1.165) is 13.1 Å². The molecule has 2 heterocycles. The summed E-state index contributed by atoms with van der Waals surface area (Å²) in [5.74, 6) is -0.119. The van der Waals surface area contributed by atoms with E-state index in [-0.39, 0.29) is 5.91 Å². The molecule has 1 fully saturated rings. The summed E-state index contributed by atoms with van der Waals surface area (Å²) in [6.45, 7) is 3.07. The van der Waals surface area contributed by atoms with Crippen molar-refractivity contribution in [3.05, 3.63) is 47.7 Å². The van der Waals surface area contributed by atoms with Crippen molar-refractivity contribution in [2.24, 2.45) is 0 Å². The molecule has 0 aliphatic carbocycles. The number of piperazine rings is 1. The van der Waals surface area contributed by atoms with Gasteiger partial charge >= 0.3 is 5.97 Å². The number of carbonyl (C=O) groups excluding carboxylic acids is 2. The van der Waals surface area contributed by atoms with Gasteiger partial charge in [0.05, 0.1) is 18.4 Å². The molecular weight excluding hydrogens is 334 g/mol. The lowest BCUT2D eigenvalue weighted by Gasteiger charge is -2.32. The number of para-hydroxylation sites is 1. The molecule has 0 bridgehead atoms. The molecule has 8 nitrogen and oxygen atoms in total. The van der Waals surface area contributed by atoms with Gasteiger partial charge in [-0.1, -0.05) is 12.1 Å². The molecule has 0 spiro atoms. The van der Waals surface area contributed by atoms with Gasteiger partial charge in [-0.3, -0.25) is 4.79 Å². The van der Waals surface area contributed by atoms with Crippen LogP contribution < -0.4 is 5.32 Å². The Morgan fingerprint density at radius 2 is 1.77 bits per heavy atom. The van der Waals surface area contributed by atoms with Gasteiger partial charge in [0, 0.05) is 26.2 Å². The zero-order chi connectivity index (χ0) is 18.5. The smallest absolute Gasteiger partial charge is 0.339 e. The fourth-order valence-electron chi connectivity index (χ4n) is 2.70. The van der Waals surface area contributed by atoms with E-state index in [0.29, 0.717) is 35.9 Å². The second-order valence-corrected chi connectivity index (χ2v) is 6.06. The van der Waals surface area contributed by atoms with Crippen molar-refractivity contribution in [3.63, 3.8) is 0 Å². The lowest BCUT2D eigenvalue weighted by molar-refractivity contribution is 0.0601. The van der Waals surface area contributed by atoms with Crippen molar-refractivity contribution in [2.45, 2.75) is 0 Å². The Labute approximate surface area is 151 Å². The zero-order valence-electron chi connectivity index (χ0n) is 14.8. The number of amides is 1. The van der Waals surface area contributed by atoms with Crippen molar-refractivity contribution in [3.8, 4) is 0 Å². The standard InChI is InChI=1S/C18H21N5O3/c1-22-9-11-23(12-10-22)17(24)15-7-8-16(21-20-15)19-14-6-4-3-5-13(14)18(25)26-2/h3-8H,9-12H2,1-2H3,(H,19,21). The molecule has 0 unspecified atom stereocenters. The highest BCUT2D eigenvalue weighted by molar-refractivity contribution is 5.96. The molecule has 1 aromatic heterocycles. The lowest BCUT2D eigenvalue weighted by atomic mass is 10.2. The van der Waals surface area contributed by atoms with Crippen molar-refractivity contribution >= 4 is 23.4 Å². The number of nitrogens with one attached hydrogen (secondary N) is 1. The number of rotatable bonds is 4. The summed E-state index contributed by atoms with van der Waals surface area (Å²) in [6, 6.07) is 10.3. The molecule has 0 radical (unpaired) electrons. The number of nitrogens with zero attached hydrogens (tertiary/aromatic N) is 4. The van der Waals surface area contributed by atoms with Crippen LogP contribution in [0.2, 0.25) is 0 Å². The van der Waals surface area contributed by atoms with Crippen molar-refractivity contribution in [1.29, 1.82) is 0 Å². The van der Waals surface area contributed by atoms with E-state index < -0.39 is 5.97 Å². The van der Waals surface area contributed by atoms with Gasteiger partial charge < -0.3 is 19.9 Å². The first kappa shape index (κ1) is 17.8. The predicted molar refractivity (Wildman–Crippen MR) is 96.5 cm³/mol. The molecule has 2 aromatic rings. The summed E-state index contributed by atoms with van der Waals surface area (Å²) >= 11 is 0. The maximum atomic E-state index is 12.5. The van der Waals surface area contributed by atoms with E-state index in [1.807, 2.05) is 7.05 Å². The molecule has 3 rings (SSSR count). The SMILES string of the molecule is COC(=O)c1ccccc1Nc1ccc(C(=O)N2CCN(C)CC2)nn1. The number of methoxy groups -OCH3 is 1. The molecule has 8 heteroatoms. The second kappa shape index (κ2) is 7.92. The molecule has 26 heavy (non-hydrogen) atoms. The number of benzene rings is 1. The number of hydrogen-bond acceptors (Lipinski definition) is 7. The van der Waals surface area contributed by atoms with E-state index in [4.69, 9.17) is 4.74 Å². The Morgan fingerprint density at radius 1 is 1.04 bits per heavy atom. The third-order valence-electron chi connectivity index (χ3n) is 4.27. The first-order valence-corrected chi connectivity index (χ1v) is 8.34.